The van der Waals surface area contributed by atoms with Gasteiger partial charge in [0.2, 0.25) is 0 Å². The first-order chi connectivity index (χ1) is 19.0. The predicted molar refractivity (Wildman–Crippen MR) is 153 cm³/mol. The number of nitrogens with zero attached hydrogens (tertiary/aromatic N) is 2. The summed E-state index contributed by atoms with van der Waals surface area (Å²) in [5, 5.41) is 17.2. The van der Waals surface area contributed by atoms with Crippen LogP contribution >= 0.6 is 0 Å². The van der Waals surface area contributed by atoms with Crippen molar-refractivity contribution in [1.82, 2.24) is 20.5 Å². The van der Waals surface area contributed by atoms with Gasteiger partial charge in [0.25, 0.3) is 5.91 Å². The van der Waals surface area contributed by atoms with Gasteiger partial charge in [0, 0.05) is 66.7 Å². The maximum absolute atomic E-state index is 12.8. The molecular formula is C33H39N5O. The number of carbonyl (C=O) groups is 1. The van der Waals surface area contributed by atoms with Crippen LogP contribution in [0.4, 0.5) is 0 Å². The summed E-state index contributed by atoms with van der Waals surface area (Å²) in [4.78, 5) is 18.9. The highest BCUT2D eigenvalue weighted by atomic mass is 16.1. The highest BCUT2D eigenvalue weighted by molar-refractivity contribution is 5.94. The molecule has 2 aromatic carbocycles. The molecule has 2 saturated heterocycles. The van der Waals surface area contributed by atoms with E-state index in [1.54, 1.807) is 5.56 Å². The quantitative estimate of drug-likeness (QED) is 0.380. The van der Waals surface area contributed by atoms with Crippen molar-refractivity contribution in [3.05, 3.63) is 70.4 Å². The summed E-state index contributed by atoms with van der Waals surface area (Å²) in [6, 6.07) is 15.9. The zero-order chi connectivity index (χ0) is 26.6. The Morgan fingerprint density at radius 1 is 1.15 bits per heavy atom. The molecule has 2 aliphatic heterocycles. The van der Waals surface area contributed by atoms with Crippen molar-refractivity contribution in [2.45, 2.75) is 64.0 Å². The largest absolute Gasteiger partial charge is 0.361 e. The fraction of sp³-hybridized carbons (Fsp3) is 0.515. The van der Waals surface area contributed by atoms with E-state index in [1.165, 1.54) is 46.9 Å². The Bertz CT molecular complexity index is 1420. The number of likely N-dealkylation sites (tertiary alicyclic amines) is 1. The lowest BCUT2D eigenvalue weighted by molar-refractivity contribution is -0.0297. The van der Waals surface area contributed by atoms with Gasteiger partial charge in [-0.05, 0) is 104 Å². The molecule has 3 aromatic rings. The van der Waals surface area contributed by atoms with E-state index < -0.39 is 0 Å². The van der Waals surface area contributed by atoms with Crippen molar-refractivity contribution in [1.29, 1.82) is 5.26 Å². The molecule has 1 atom stereocenters. The Balaban J connectivity index is 1.16. The molecule has 6 heteroatoms. The van der Waals surface area contributed by atoms with Crippen molar-refractivity contribution >= 4 is 16.8 Å². The first kappa shape index (κ1) is 24.9. The topological polar surface area (TPSA) is 83.9 Å². The average Bonchev–Trinajstić information content (AvgIpc) is 3.63. The standard InChI is InChI=1S/C33H39N5O/c1-21-12-28(24-2-3-24)29(27-8-10-36-31(21)27)20-38-11-9-33(13-22(14-33)16-34)15-30(38)25-4-6-26(7-5-25)32(39)37-19-23-17-35-18-23/h4-8,10,12,22-24,30,35-36H,2-3,9,11,13-15,17-20H2,1H3,(H,37,39). The number of piperidine rings is 1. The van der Waals surface area contributed by atoms with E-state index in [9.17, 15) is 10.1 Å². The van der Waals surface area contributed by atoms with Gasteiger partial charge in [0.1, 0.15) is 0 Å². The monoisotopic (exact) mass is 521 g/mol. The Labute approximate surface area is 231 Å². The molecule has 3 heterocycles. The molecule has 6 nitrogen and oxygen atoms in total. The normalized spacial score (nSPS) is 27.2. The zero-order valence-electron chi connectivity index (χ0n) is 22.9. The number of hydrogen-bond acceptors (Lipinski definition) is 4. The number of amides is 1. The van der Waals surface area contributed by atoms with Crippen molar-refractivity contribution in [2.75, 3.05) is 26.2 Å². The minimum absolute atomic E-state index is 0.0184. The number of nitrogens with one attached hydrogen (secondary N) is 3. The molecule has 1 amide bonds. The molecule has 202 valence electrons. The summed E-state index contributed by atoms with van der Waals surface area (Å²) >= 11 is 0. The number of hydrogen-bond donors (Lipinski definition) is 3. The molecule has 0 bridgehead atoms. The molecule has 1 unspecified atom stereocenters. The number of aryl methyl sites for hydroxylation is 1. The van der Waals surface area contributed by atoms with E-state index in [-0.39, 0.29) is 17.2 Å². The lowest BCUT2D eigenvalue weighted by Gasteiger charge is -2.53. The van der Waals surface area contributed by atoms with Crippen LogP contribution < -0.4 is 10.6 Å². The summed E-state index contributed by atoms with van der Waals surface area (Å²) in [5.41, 5.74) is 7.95. The fourth-order valence-corrected chi connectivity index (χ4v) is 7.47. The van der Waals surface area contributed by atoms with E-state index in [4.69, 9.17) is 0 Å². The van der Waals surface area contributed by atoms with Crippen LogP contribution in [0.3, 0.4) is 0 Å². The number of nitriles is 1. The molecular weight excluding hydrogens is 482 g/mol. The van der Waals surface area contributed by atoms with Gasteiger partial charge >= 0.3 is 0 Å². The number of rotatable bonds is 7. The van der Waals surface area contributed by atoms with E-state index >= 15 is 0 Å². The molecule has 3 N–H and O–H groups in total. The van der Waals surface area contributed by atoms with Crippen LogP contribution in [-0.2, 0) is 6.54 Å². The molecule has 2 aliphatic carbocycles. The Morgan fingerprint density at radius 3 is 2.64 bits per heavy atom. The zero-order valence-corrected chi connectivity index (χ0v) is 22.9. The maximum atomic E-state index is 12.8. The smallest absolute Gasteiger partial charge is 0.251 e. The van der Waals surface area contributed by atoms with Crippen LogP contribution in [0.15, 0.2) is 42.6 Å². The summed E-state index contributed by atoms with van der Waals surface area (Å²) < 4.78 is 0. The molecule has 4 fully saturated rings. The van der Waals surface area contributed by atoms with Crippen LogP contribution in [0.1, 0.15) is 83.1 Å². The Kier molecular flexibility index (Phi) is 6.25. The average molecular weight is 522 g/mol. The van der Waals surface area contributed by atoms with Gasteiger partial charge in [-0.15, -0.1) is 0 Å². The van der Waals surface area contributed by atoms with Crippen molar-refractivity contribution in [3.8, 4) is 6.07 Å². The molecule has 4 aliphatic rings. The second-order valence-electron chi connectivity index (χ2n) is 12.8. The van der Waals surface area contributed by atoms with E-state index in [0.717, 1.165) is 57.5 Å². The van der Waals surface area contributed by atoms with Crippen LogP contribution in [0.5, 0.6) is 0 Å². The minimum atomic E-state index is 0.0184. The molecule has 2 saturated carbocycles. The van der Waals surface area contributed by atoms with Crippen molar-refractivity contribution in [2.24, 2.45) is 17.3 Å². The van der Waals surface area contributed by atoms with Gasteiger partial charge in [-0.2, -0.15) is 5.26 Å². The molecule has 39 heavy (non-hydrogen) atoms. The third-order valence-electron chi connectivity index (χ3n) is 10.1. The maximum Gasteiger partial charge on any atom is 0.251 e. The number of benzene rings is 2. The second-order valence-corrected chi connectivity index (χ2v) is 12.8. The van der Waals surface area contributed by atoms with Gasteiger partial charge in [-0.3, -0.25) is 9.69 Å². The summed E-state index contributed by atoms with van der Waals surface area (Å²) in [7, 11) is 0. The Morgan fingerprint density at radius 2 is 1.95 bits per heavy atom. The first-order valence-electron chi connectivity index (χ1n) is 14.8. The van der Waals surface area contributed by atoms with Crippen LogP contribution in [0.25, 0.3) is 10.9 Å². The van der Waals surface area contributed by atoms with Crippen LogP contribution in [0.2, 0.25) is 0 Å². The SMILES string of the molecule is Cc1cc(C2CC2)c(CN2CCC3(CC(C#N)C3)CC2c2ccc(C(=O)NCC3CNC3)cc2)c2cc[nH]c12. The lowest BCUT2D eigenvalue weighted by Crippen LogP contribution is -2.48. The van der Waals surface area contributed by atoms with E-state index in [2.05, 4.69) is 64.0 Å². The van der Waals surface area contributed by atoms with Crippen molar-refractivity contribution in [3.63, 3.8) is 0 Å². The minimum Gasteiger partial charge on any atom is -0.361 e. The Hall–Kier alpha value is -3.14. The molecule has 1 spiro atoms. The lowest BCUT2D eigenvalue weighted by atomic mass is 9.56. The summed E-state index contributed by atoms with van der Waals surface area (Å²) in [6.45, 7) is 6.93. The van der Waals surface area contributed by atoms with Crippen LogP contribution in [0, 0.1) is 35.5 Å². The fourth-order valence-electron chi connectivity index (χ4n) is 7.47. The third-order valence-corrected chi connectivity index (χ3v) is 10.1. The highest BCUT2D eigenvalue weighted by Crippen LogP contribution is 2.57. The molecule has 0 radical (unpaired) electrons. The van der Waals surface area contributed by atoms with Gasteiger partial charge in [-0.25, -0.2) is 0 Å². The number of aromatic amines is 1. The predicted octanol–water partition coefficient (Wildman–Crippen LogP) is 5.56. The second kappa shape index (κ2) is 9.80. The number of fused-ring (bicyclic) bond motifs is 1. The van der Waals surface area contributed by atoms with Crippen molar-refractivity contribution < 1.29 is 4.79 Å². The van der Waals surface area contributed by atoms with Gasteiger partial charge in [0.15, 0.2) is 0 Å². The van der Waals surface area contributed by atoms with E-state index in [1.807, 2.05) is 12.1 Å². The number of carbonyl (C=O) groups excluding carboxylic acids is 1. The number of H-pyrrole nitrogens is 1. The van der Waals surface area contributed by atoms with E-state index in [0.29, 0.717) is 17.9 Å². The summed E-state index contributed by atoms with van der Waals surface area (Å²) in [6.07, 6.45) is 9.00. The number of aromatic nitrogens is 1. The molecule has 1 aromatic heterocycles. The van der Waals surface area contributed by atoms with Gasteiger partial charge < -0.3 is 15.6 Å². The van der Waals surface area contributed by atoms with Crippen LogP contribution in [-0.4, -0.2) is 42.0 Å². The summed E-state index contributed by atoms with van der Waals surface area (Å²) in [5.74, 6) is 1.48. The first-order valence-corrected chi connectivity index (χ1v) is 14.8. The van der Waals surface area contributed by atoms with Gasteiger partial charge in [-0.1, -0.05) is 18.2 Å². The highest BCUT2D eigenvalue weighted by Gasteiger charge is 2.49. The third kappa shape index (κ3) is 4.66. The van der Waals surface area contributed by atoms with Gasteiger partial charge in [0.05, 0.1) is 6.07 Å². The molecule has 7 rings (SSSR count).